The average molecular weight is 358 g/mol. The van der Waals surface area contributed by atoms with Crippen LogP contribution in [0.1, 0.15) is 13.8 Å². The van der Waals surface area contributed by atoms with Gasteiger partial charge >= 0.3 is 0 Å². The van der Waals surface area contributed by atoms with Crippen LogP contribution in [0.2, 0.25) is 0 Å². The summed E-state index contributed by atoms with van der Waals surface area (Å²) < 4.78 is 27.2. The minimum atomic E-state index is -3.40. The summed E-state index contributed by atoms with van der Waals surface area (Å²) >= 11 is 3.27. The Balaban J connectivity index is 0.00000289. The van der Waals surface area contributed by atoms with Gasteiger partial charge in [0.15, 0.2) is 0 Å². The van der Waals surface area contributed by atoms with Crippen molar-refractivity contribution in [2.45, 2.75) is 24.8 Å². The molecular weight excluding hydrogens is 340 g/mol. The first-order chi connectivity index (χ1) is 7.95. The Morgan fingerprint density at radius 3 is 2.33 bits per heavy atom. The van der Waals surface area contributed by atoms with Gasteiger partial charge in [-0.25, -0.2) is 13.1 Å². The van der Waals surface area contributed by atoms with Crippen LogP contribution in [-0.2, 0) is 10.0 Å². The predicted molar refractivity (Wildman–Crippen MR) is 79.7 cm³/mol. The molecule has 0 spiro atoms. The van der Waals surface area contributed by atoms with Crippen LogP contribution in [0.5, 0.6) is 0 Å². The zero-order valence-electron chi connectivity index (χ0n) is 10.3. The fourth-order valence-corrected chi connectivity index (χ4v) is 2.75. The lowest BCUT2D eigenvalue weighted by molar-refractivity contribution is 0.536. The van der Waals surface area contributed by atoms with E-state index >= 15 is 0 Å². The molecule has 1 atom stereocenters. The molecule has 0 saturated heterocycles. The Morgan fingerprint density at radius 2 is 1.83 bits per heavy atom. The highest BCUT2D eigenvalue weighted by molar-refractivity contribution is 9.10. The van der Waals surface area contributed by atoms with Crippen LogP contribution in [0.25, 0.3) is 0 Å². The van der Waals surface area contributed by atoms with Gasteiger partial charge in [-0.15, -0.1) is 12.4 Å². The first-order valence-corrected chi connectivity index (χ1v) is 7.72. The van der Waals surface area contributed by atoms with E-state index in [-0.39, 0.29) is 23.3 Å². The maximum absolute atomic E-state index is 11.9. The standard InChI is InChI=1S/C11H17BrN2O2S.ClH/c1-3-13-9(2)8-14-17(15,16)11-6-4-10(12)5-7-11;/h4-7,9,13-14H,3,8H2,1-2H3;1H/t9-;/m1./s1. The van der Waals surface area contributed by atoms with Gasteiger partial charge in [0.1, 0.15) is 0 Å². The molecular formula is C11H18BrClN2O2S. The monoisotopic (exact) mass is 356 g/mol. The third-order valence-corrected chi connectivity index (χ3v) is 4.22. The fraction of sp³-hybridized carbons (Fsp3) is 0.455. The number of sulfonamides is 1. The van der Waals surface area contributed by atoms with Crippen LogP contribution in [0.3, 0.4) is 0 Å². The van der Waals surface area contributed by atoms with E-state index in [0.717, 1.165) is 11.0 Å². The van der Waals surface area contributed by atoms with Crippen molar-refractivity contribution in [1.82, 2.24) is 10.0 Å². The molecule has 1 rings (SSSR count). The van der Waals surface area contributed by atoms with E-state index in [4.69, 9.17) is 0 Å². The van der Waals surface area contributed by atoms with Crippen molar-refractivity contribution >= 4 is 38.4 Å². The van der Waals surface area contributed by atoms with Gasteiger partial charge < -0.3 is 5.32 Å². The second-order valence-electron chi connectivity index (χ2n) is 3.76. The fourth-order valence-electron chi connectivity index (χ4n) is 1.35. The summed E-state index contributed by atoms with van der Waals surface area (Å²) in [5.41, 5.74) is 0. The minimum Gasteiger partial charge on any atom is -0.313 e. The number of nitrogens with one attached hydrogen (secondary N) is 2. The number of hydrogen-bond acceptors (Lipinski definition) is 3. The van der Waals surface area contributed by atoms with Crippen molar-refractivity contribution in [2.75, 3.05) is 13.1 Å². The van der Waals surface area contributed by atoms with Gasteiger partial charge in [-0.3, -0.25) is 0 Å². The van der Waals surface area contributed by atoms with E-state index in [1.807, 2.05) is 13.8 Å². The Labute approximate surface area is 123 Å². The summed E-state index contributed by atoms with van der Waals surface area (Å²) in [4.78, 5) is 0.282. The predicted octanol–water partition coefficient (Wildman–Crippen LogP) is 2.15. The second-order valence-corrected chi connectivity index (χ2v) is 6.45. The highest BCUT2D eigenvalue weighted by Gasteiger charge is 2.14. The molecule has 0 bridgehead atoms. The molecule has 4 nitrogen and oxygen atoms in total. The summed E-state index contributed by atoms with van der Waals surface area (Å²) in [5, 5.41) is 3.14. The molecule has 0 amide bonds. The van der Waals surface area contributed by atoms with Gasteiger partial charge in [-0.05, 0) is 37.7 Å². The lowest BCUT2D eigenvalue weighted by Crippen LogP contribution is -2.38. The van der Waals surface area contributed by atoms with E-state index < -0.39 is 10.0 Å². The third-order valence-electron chi connectivity index (χ3n) is 2.26. The molecule has 0 fully saturated rings. The van der Waals surface area contributed by atoms with Crippen LogP contribution in [0.15, 0.2) is 33.6 Å². The third kappa shape index (κ3) is 5.67. The van der Waals surface area contributed by atoms with Crippen LogP contribution in [0, 0.1) is 0 Å². The topological polar surface area (TPSA) is 58.2 Å². The Bertz CT molecular complexity index is 451. The zero-order chi connectivity index (χ0) is 12.9. The van der Waals surface area contributed by atoms with Gasteiger partial charge in [0.25, 0.3) is 0 Å². The highest BCUT2D eigenvalue weighted by atomic mass is 79.9. The van der Waals surface area contributed by atoms with Crippen molar-refractivity contribution < 1.29 is 8.42 Å². The van der Waals surface area contributed by atoms with Gasteiger partial charge in [0.05, 0.1) is 4.90 Å². The van der Waals surface area contributed by atoms with Crippen LogP contribution in [-0.4, -0.2) is 27.5 Å². The van der Waals surface area contributed by atoms with Gasteiger partial charge in [0, 0.05) is 17.1 Å². The minimum absolute atomic E-state index is 0. The van der Waals surface area contributed by atoms with E-state index in [9.17, 15) is 8.42 Å². The molecule has 0 heterocycles. The van der Waals surface area contributed by atoms with Crippen LogP contribution >= 0.6 is 28.3 Å². The normalized spacial score (nSPS) is 12.8. The number of likely N-dealkylation sites (N-methyl/N-ethyl adjacent to an activating group) is 1. The molecule has 0 aliphatic heterocycles. The van der Waals surface area contributed by atoms with Crippen molar-refractivity contribution in [3.05, 3.63) is 28.7 Å². The maximum Gasteiger partial charge on any atom is 0.240 e. The van der Waals surface area contributed by atoms with Crippen molar-refractivity contribution in [3.8, 4) is 0 Å². The summed E-state index contributed by atoms with van der Waals surface area (Å²) in [6.45, 7) is 5.13. The molecule has 1 aromatic rings. The molecule has 0 unspecified atom stereocenters. The Morgan fingerprint density at radius 1 is 1.28 bits per heavy atom. The lowest BCUT2D eigenvalue weighted by Gasteiger charge is -2.13. The quantitative estimate of drug-likeness (QED) is 0.820. The Hall–Kier alpha value is -0.140. The summed E-state index contributed by atoms with van der Waals surface area (Å²) in [7, 11) is -3.40. The highest BCUT2D eigenvalue weighted by Crippen LogP contribution is 2.14. The van der Waals surface area contributed by atoms with Crippen LogP contribution < -0.4 is 10.0 Å². The van der Waals surface area contributed by atoms with Crippen molar-refractivity contribution in [3.63, 3.8) is 0 Å². The van der Waals surface area contributed by atoms with Gasteiger partial charge in [-0.1, -0.05) is 22.9 Å². The summed E-state index contributed by atoms with van der Waals surface area (Å²) in [6, 6.07) is 6.68. The SMILES string of the molecule is CCN[C@H](C)CNS(=O)(=O)c1ccc(Br)cc1.Cl. The van der Waals surface area contributed by atoms with Crippen LogP contribution in [0.4, 0.5) is 0 Å². The molecule has 0 radical (unpaired) electrons. The number of hydrogen-bond donors (Lipinski definition) is 2. The summed E-state index contributed by atoms with van der Waals surface area (Å²) in [6.07, 6.45) is 0. The molecule has 0 saturated carbocycles. The smallest absolute Gasteiger partial charge is 0.240 e. The second kappa shape index (κ2) is 8.12. The largest absolute Gasteiger partial charge is 0.313 e. The van der Waals surface area contributed by atoms with E-state index in [1.54, 1.807) is 24.3 Å². The van der Waals surface area contributed by atoms with E-state index in [2.05, 4.69) is 26.0 Å². The van der Waals surface area contributed by atoms with E-state index in [1.165, 1.54) is 0 Å². The molecule has 7 heteroatoms. The molecule has 104 valence electrons. The summed E-state index contributed by atoms with van der Waals surface area (Å²) in [5.74, 6) is 0. The first-order valence-electron chi connectivity index (χ1n) is 5.44. The number of halogens is 2. The maximum atomic E-state index is 11.9. The number of rotatable bonds is 6. The van der Waals surface area contributed by atoms with Gasteiger partial charge in [-0.2, -0.15) is 0 Å². The lowest BCUT2D eigenvalue weighted by atomic mass is 10.3. The van der Waals surface area contributed by atoms with Gasteiger partial charge in [0.2, 0.25) is 10.0 Å². The molecule has 0 aromatic heterocycles. The average Bonchev–Trinajstić information content (AvgIpc) is 2.28. The molecule has 0 aliphatic rings. The zero-order valence-corrected chi connectivity index (χ0v) is 13.5. The van der Waals surface area contributed by atoms with Crippen molar-refractivity contribution in [2.24, 2.45) is 0 Å². The Kier molecular flexibility index (Phi) is 8.05. The molecule has 2 N–H and O–H groups in total. The number of benzene rings is 1. The molecule has 18 heavy (non-hydrogen) atoms. The molecule has 1 aromatic carbocycles. The first kappa shape index (κ1) is 17.9. The molecule has 0 aliphatic carbocycles. The van der Waals surface area contributed by atoms with E-state index in [0.29, 0.717) is 6.54 Å². The van der Waals surface area contributed by atoms with Crippen molar-refractivity contribution in [1.29, 1.82) is 0 Å².